The fourth-order valence-electron chi connectivity index (χ4n) is 1.77. The van der Waals surface area contributed by atoms with Gasteiger partial charge in [-0.2, -0.15) is 0 Å². The fourth-order valence-corrected chi connectivity index (χ4v) is 2.99. The Balaban J connectivity index is 1.71. The largest absolute Gasteiger partial charge is 0.361 e. The molecule has 1 aromatic carbocycles. The molecular formula is C12H13BrN2S. The van der Waals surface area contributed by atoms with Gasteiger partial charge in [-0.15, -0.1) is 0 Å². The molecule has 1 fully saturated rings. The van der Waals surface area contributed by atoms with Crippen molar-refractivity contribution in [1.29, 1.82) is 0 Å². The minimum atomic E-state index is 0.982. The first kappa shape index (κ1) is 10.5. The monoisotopic (exact) mass is 296 g/mol. The molecule has 1 N–H and O–H groups in total. The van der Waals surface area contributed by atoms with Gasteiger partial charge in [0.25, 0.3) is 0 Å². The Bertz CT molecular complexity index is 505. The van der Waals surface area contributed by atoms with E-state index in [-0.39, 0.29) is 0 Å². The van der Waals surface area contributed by atoms with Gasteiger partial charge in [-0.1, -0.05) is 40.1 Å². The molecule has 1 aliphatic rings. The van der Waals surface area contributed by atoms with Crippen molar-refractivity contribution < 1.29 is 0 Å². The maximum Gasteiger partial charge on any atom is 0.183 e. The Morgan fingerprint density at radius 2 is 2.31 bits per heavy atom. The molecule has 1 aromatic heterocycles. The van der Waals surface area contributed by atoms with Gasteiger partial charge in [0.05, 0.1) is 10.2 Å². The van der Waals surface area contributed by atoms with Gasteiger partial charge in [0.1, 0.15) is 0 Å². The van der Waals surface area contributed by atoms with Gasteiger partial charge in [0.2, 0.25) is 0 Å². The number of anilines is 1. The second kappa shape index (κ2) is 4.34. The summed E-state index contributed by atoms with van der Waals surface area (Å²) in [6.07, 6.45) is 4.14. The van der Waals surface area contributed by atoms with Gasteiger partial charge in [0, 0.05) is 11.0 Å². The number of thiazole rings is 1. The standard InChI is InChI=1S/C12H13BrN2S/c13-9-3-4-11-10(7-9)15-12(16-11)14-6-5-8-1-2-8/h3-4,7-8H,1-2,5-6H2,(H,14,15). The lowest BCUT2D eigenvalue weighted by atomic mass is 10.3. The molecule has 2 nitrogen and oxygen atoms in total. The molecule has 2 aromatic rings. The number of halogens is 1. The lowest BCUT2D eigenvalue weighted by Gasteiger charge is -1.99. The van der Waals surface area contributed by atoms with Gasteiger partial charge in [-0.25, -0.2) is 4.98 Å². The number of hydrogen-bond donors (Lipinski definition) is 1. The number of nitrogens with one attached hydrogen (secondary N) is 1. The van der Waals surface area contributed by atoms with Crippen molar-refractivity contribution in [1.82, 2.24) is 4.98 Å². The summed E-state index contributed by atoms with van der Waals surface area (Å²) in [6, 6.07) is 6.25. The molecule has 0 amide bonds. The fraction of sp³-hybridized carbons (Fsp3) is 0.417. The summed E-state index contributed by atoms with van der Waals surface area (Å²) < 4.78 is 2.34. The zero-order valence-electron chi connectivity index (χ0n) is 8.87. The molecule has 1 aliphatic carbocycles. The van der Waals surface area contributed by atoms with Gasteiger partial charge in [-0.05, 0) is 30.5 Å². The number of nitrogens with zero attached hydrogens (tertiary/aromatic N) is 1. The minimum absolute atomic E-state index is 0.982. The van der Waals surface area contributed by atoms with Gasteiger partial charge in [-0.3, -0.25) is 0 Å². The van der Waals surface area contributed by atoms with E-state index in [4.69, 9.17) is 0 Å². The summed E-state index contributed by atoms with van der Waals surface area (Å²) in [5, 5.41) is 4.47. The van der Waals surface area contributed by atoms with Gasteiger partial charge in [0.15, 0.2) is 5.13 Å². The number of benzene rings is 1. The first-order chi connectivity index (χ1) is 7.81. The molecule has 4 heteroatoms. The maximum absolute atomic E-state index is 4.57. The van der Waals surface area contributed by atoms with Gasteiger partial charge >= 0.3 is 0 Å². The zero-order chi connectivity index (χ0) is 11.0. The van der Waals surface area contributed by atoms with E-state index in [1.54, 1.807) is 11.3 Å². The van der Waals surface area contributed by atoms with Crippen molar-refractivity contribution in [3.05, 3.63) is 22.7 Å². The number of hydrogen-bond acceptors (Lipinski definition) is 3. The van der Waals surface area contributed by atoms with Crippen LogP contribution in [0.25, 0.3) is 10.2 Å². The van der Waals surface area contributed by atoms with Crippen molar-refractivity contribution in [3.63, 3.8) is 0 Å². The highest BCUT2D eigenvalue weighted by Gasteiger charge is 2.20. The average molecular weight is 297 g/mol. The Labute approximate surface area is 107 Å². The summed E-state index contributed by atoms with van der Waals surface area (Å²) in [4.78, 5) is 4.57. The van der Waals surface area contributed by atoms with Crippen LogP contribution in [0.1, 0.15) is 19.3 Å². The lowest BCUT2D eigenvalue weighted by molar-refractivity contribution is 0.760. The van der Waals surface area contributed by atoms with Crippen LogP contribution >= 0.6 is 27.3 Å². The third-order valence-corrected chi connectivity index (χ3v) is 4.36. The lowest BCUT2D eigenvalue weighted by Crippen LogP contribution is -2.01. The topological polar surface area (TPSA) is 24.9 Å². The normalized spacial score (nSPS) is 15.6. The molecular weight excluding hydrogens is 284 g/mol. The highest BCUT2D eigenvalue weighted by atomic mass is 79.9. The maximum atomic E-state index is 4.57. The van der Waals surface area contributed by atoms with Crippen LogP contribution in [-0.4, -0.2) is 11.5 Å². The van der Waals surface area contributed by atoms with Crippen LogP contribution in [0.15, 0.2) is 22.7 Å². The Morgan fingerprint density at radius 1 is 1.44 bits per heavy atom. The molecule has 0 atom stereocenters. The molecule has 0 unspecified atom stereocenters. The van der Waals surface area contributed by atoms with Crippen LogP contribution < -0.4 is 5.32 Å². The van der Waals surface area contributed by atoms with Crippen molar-refractivity contribution in [2.45, 2.75) is 19.3 Å². The predicted octanol–water partition coefficient (Wildman–Crippen LogP) is 4.27. The van der Waals surface area contributed by atoms with Crippen LogP contribution in [0.5, 0.6) is 0 Å². The summed E-state index contributed by atoms with van der Waals surface area (Å²) in [5.74, 6) is 0.982. The van der Waals surface area contributed by atoms with E-state index >= 15 is 0 Å². The van der Waals surface area contributed by atoms with Crippen LogP contribution in [0.2, 0.25) is 0 Å². The van der Waals surface area contributed by atoms with E-state index in [9.17, 15) is 0 Å². The Hall–Kier alpha value is -0.610. The van der Waals surface area contributed by atoms with Crippen molar-refractivity contribution in [3.8, 4) is 0 Å². The summed E-state index contributed by atoms with van der Waals surface area (Å²) in [5.41, 5.74) is 1.08. The van der Waals surface area contributed by atoms with Crippen LogP contribution in [0.3, 0.4) is 0 Å². The molecule has 84 valence electrons. The van der Waals surface area contributed by atoms with E-state index in [1.165, 1.54) is 24.0 Å². The molecule has 0 bridgehead atoms. The molecule has 16 heavy (non-hydrogen) atoms. The minimum Gasteiger partial charge on any atom is -0.361 e. The smallest absolute Gasteiger partial charge is 0.183 e. The Morgan fingerprint density at radius 3 is 3.12 bits per heavy atom. The second-order valence-corrected chi connectivity index (χ2v) is 6.24. The van der Waals surface area contributed by atoms with Gasteiger partial charge < -0.3 is 5.32 Å². The predicted molar refractivity (Wildman–Crippen MR) is 73.2 cm³/mol. The molecule has 1 saturated carbocycles. The number of aromatic nitrogens is 1. The van der Waals surface area contributed by atoms with Crippen LogP contribution in [0, 0.1) is 5.92 Å². The Kier molecular flexibility index (Phi) is 2.86. The quantitative estimate of drug-likeness (QED) is 0.911. The summed E-state index contributed by atoms with van der Waals surface area (Å²) in [6.45, 7) is 1.06. The van der Waals surface area contributed by atoms with E-state index < -0.39 is 0 Å². The van der Waals surface area contributed by atoms with E-state index in [0.717, 1.165) is 27.6 Å². The SMILES string of the molecule is Brc1ccc2sc(NCCC3CC3)nc2c1. The van der Waals surface area contributed by atoms with E-state index in [0.29, 0.717) is 0 Å². The average Bonchev–Trinajstić information content (AvgIpc) is 2.98. The number of fused-ring (bicyclic) bond motifs is 1. The highest BCUT2D eigenvalue weighted by Crippen LogP contribution is 2.33. The molecule has 1 heterocycles. The molecule has 0 aliphatic heterocycles. The molecule has 0 spiro atoms. The third kappa shape index (κ3) is 2.38. The van der Waals surface area contributed by atoms with E-state index in [1.807, 2.05) is 0 Å². The summed E-state index contributed by atoms with van der Waals surface area (Å²) >= 11 is 5.20. The molecule has 0 radical (unpaired) electrons. The first-order valence-corrected chi connectivity index (χ1v) is 7.22. The number of rotatable bonds is 4. The van der Waals surface area contributed by atoms with E-state index in [2.05, 4.69) is 44.4 Å². The van der Waals surface area contributed by atoms with Crippen LogP contribution in [0.4, 0.5) is 5.13 Å². The second-order valence-electron chi connectivity index (χ2n) is 4.29. The highest BCUT2D eigenvalue weighted by molar-refractivity contribution is 9.10. The molecule has 0 saturated heterocycles. The van der Waals surface area contributed by atoms with Crippen LogP contribution in [-0.2, 0) is 0 Å². The van der Waals surface area contributed by atoms with Crippen molar-refractivity contribution >= 4 is 42.6 Å². The summed E-state index contributed by atoms with van der Waals surface area (Å²) in [7, 11) is 0. The zero-order valence-corrected chi connectivity index (χ0v) is 11.3. The third-order valence-electron chi connectivity index (χ3n) is 2.88. The van der Waals surface area contributed by atoms with Crippen molar-refractivity contribution in [2.75, 3.05) is 11.9 Å². The van der Waals surface area contributed by atoms with Crippen molar-refractivity contribution in [2.24, 2.45) is 5.92 Å². The molecule has 3 rings (SSSR count). The first-order valence-electron chi connectivity index (χ1n) is 5.61.